The topological polar surface area (TPSA) is 109 Å². The van der Waals surface area contributed by atoms with E-state index in [9.17, 15) is 24.8 Å². The highest BCUT2D eigenvalue weighted by molar-refractivity contribution is 6.31. The summed E-state index contributed by atoms with van der Waals surface area (Å²) < 4.78 is 31.2. The fourth-order valence-corrected chi connectivity index (χ4v) is 5.00. The fourth-order valence-electron chi connectivity index (χ4n) is 4.82. The van der Waals surface area contributed by atoms with Crippen molar-refractivity contribution in [2.24, 2.45) is 0 Å². The molecular formula is C28H28ClFO7. The van der Waals surface area contributed by atoms with E-state index in [0.29, 0.717) is 28.3 Å². The van der Waals surface area contributed by atoms with Gasteiger partial charge in [-0.2, -0.15) is 0 Å². The first-order valence-electron chi connectivity index (χ1n) is 12.0. The Bertz CT molecular complexity index is 1240. The van der Waals surface area contributed by atoms with E-state index >= 15 is 0 Å². The molecule has 1 saturated heterocycles. The van der Waals surface area contributed by atoms with Crippen LogP contribution in [0, 0.1) is 5.82 Å². The van der Waals surface area contributed by atoms with Gasteiger partial charge in [0.2, 0.25) is 0 Å². The van der Waals surface area contributed by atoms with Crippen LogP contribution >= 0.6 is 11.6 Å². The van der Waals surface area contributed by atoms with Crippen molar-refractivity contribution in [2.45, 2.75) is 49.7 Å². The van der Waals surface area contributed by atoms with Gasteiger partial charge in [0.25, 0.3) is 0 Å². The molecule has 2 aliphatic rings. The van der Waals surface area contributed by atoms with Gasteiger partial charge in [-0.05, 0) is 52.9 Å². The first-order chi connectivity index (χ1) is 17.9. The normalized spacial score (nSPS) is 27.2. The minimum atomic E-state index is -1.45. The lowest BCUT2D eigenvalue weighted by molar-refractivity contribution is -0.231. The molecule has 9 heteroatoms. The second-order valence-corrected chi connectivity index (χ2v) is 9.75. The van der Waals surface area contributed by atoms with Gasteiger partial charge in [-0.3, -0.25) is 0 Å². The lowest BCUT2D eigenvalue weighted by Crippen LogP contribution is -2.55. The molecule has 1 unspecified atom stereocenters. The van der Waals surface area contributed by atoms with E-state index in [2.05, 4.69) is 0 Å². The fraction of sp³-hybridized carbons (Fsp3) is 0.357. The molecule has 3 aromatic carbocycles. The Hall–Kier alpha value is -2.56. The first-order valence-corrected chi connectivity index (χ1v) is 12.4. The number of ether oxygens (including phenoxy) is 3. The predicted octanol–water partition coefficient (Wildman–Crippen LogP) is 3.24. The molecule has 1 fully saturated rings. The highest BCUT2D eigenvalue weighted by atomic mass is 35.5. The average molecular weight is 531 g/mol. The Morgan fingerprint density at radius 2 is 1.76 bits per heavy atom. The van der Waals surface area contributed by atoms with E-state index in [0.717, 1.165) is 16.7 Å². The van der Waals surface area contributed by atoms with Crippen molar-refractivity contribution in [3.63, 3.8) is 0 Å². The number of aliphatic hydroxyl groups is 4. The van der Waals surface area contributed by atoms with Crippen LogP contribution in [-0.2, 0) is 22.5 Å². The third-order valence-corrected chi connectivity index (χ3v) is 7.31. The zero-order valence-corrected chi connectivity index (χ0v) is 20.6. The van der Waals surface area contributed by atoms with Gasteiger partial charge in [0.1, 0.15) is 54.8 Å². The molecule has 7 nitrogen and oxygen atoms in total. The van der Waals surface area contributed by atoms with Crippen LogP contribution in [0.5, 0.6) is 5.75 Å². The second-order valence-electron chi connectivity index (χ2n) is 9.34. The lowest BCUT2D eigenvalue weighted by atomic mass is 9.90. The third-order valence-electron chi connectivity index (χ3n) is 6.94. The Morgan fingerprint density at radius 3 is 2.51 bits per heavy atom. The maximum atomic E-state index is 13.9. The molecule has 0 aromatic heterocycles. The van der Waals surface area contributed by atoms with Crippen molar-refractivity contribution in [2.75, 3.05) is 13.2 Å². The SMILES string of the molecule is OC[C@H]1O[C@@H](c2ccc(Cl)c(Cc3ccc(OCC4OCc5c(F)cccc54)cc3)c2)[C@H](O)[C@@H](O)[C@@H]1O. The van der Waals surface area contributed by atoms with Gasteiger partial charge in [0, 0.05) is 10.6 Å². The van der Waals surface area contributed by atoms with Crippen molar-refractivity contribution in [1.29, 1.82) is 0 Å². The maximum absolute atomic E-state index is 13.9. The molecule has 0 bridgehead atoms. The summed E-state index contributed by atoms with van der Waals surface area (Å²) in [6.45, 7) is 0.00721. The molecule has 196 valence electrons. The molecule has 2 aliphatic heterocycles. The average Bonchev–Trinajstić information content (AvgIpc) is 3.33. The molecule has 0 radical (unpaired) electrons. The summed E-state index contributed by atoms with van der Waals surface area (Å²) in [7, 11) is 0. The van der Waals surface area contributed by atoms with Crippen LogP contribution in [-0.4, -0.2) is 58.1 Å². The second kappa shape index (κ2) is 11.0. The molecule has 0 spiro atoms. The molecular weight excluding hydrogens is 503 g/mol. The van der Waals surface area contributed by atoms with Crippen molar-refractivity contribution >= 4 is 11.6 Å². The molecule has 0 amide bonds. The van der Waals surface area contributed by atoms with E-state index in [1.54, 1.807) is 24.3 Å². The zero-order chi connectivity index (χ0) is 26.1. The molecule has 2 heterocycles. The summed E-state index contributed by atoms with van der Waals surface area (Å²) >= 11 is 6.44. The summed E-state index contributed by atoms with van der Waals surface area (Å²) in [6, 6.07) is 17.6. The number of benzene rings is 3. The first kappa shape index (κ1) is 26.1. The number of halogens is 2. The minimum absolute atomic E-state index is 0.234. The third kappa shape index (κ3) is 5.37. The monoisotopic (exact) mass is 530 g/mol. The Balaban J connectivity index is 1.25. The van der Waals surface area contributed by atoms with Gasteiger partial charge in [-0.25, -0.2) is 4.39 Å². The molecule has 4 N–H and O–H groups in total. The predicted molar refractivity (Wildman–Crippen MR) is 133 cm³/mol. The molecule has 6 atom stereocenters. The molecule has 5 rings (SSSR count). The van der Waals surface area contributed by atoms with Crippen LogP contribution in [0.25, 0.3) is 0 Å². The van der Waals surface area contributed by atoms with Crippen molar-refractivity contribution in [3.05, 3.63) is 99.3 Å². The highest BCUT2D eigenvalue weighted by Crippen LogP contribution is 2.35. The zero-order valence-electron chi connectivity index (χ0n) is 19.8. The van der Waals surface area contributed by atoms with Crippen LogP contribution in [0.2, 0.25) is 5.02 Å². The van der Waals surface area contributed by atoms with Crippen LogP contribution in [0.3, 0.4) is 0 Å². The Labute approximate surface area is 218 Å². The van der Waals surface area contributed by atoms with Gasteiger partial charge in [0.05, 0.1) is 13.2 Å². The summed E-state index contributed by atoms with van der Waals surface area (Å²) in [6.07, 6.45) is -5.99. The number of rotatable bonds is 7. The smallest absolute Gasteiger partial charge is 0.129 e. The largest absolute Gasteiger partial charge is 0.491 e. The van der Waals surface area contributed by atoms with Crippen molar-refractivity contribution < 1.29 is 39.0 Å². The van der Waals surface area contributed by atoms with Crippen LogP contribution < -0.4 is 4.74 Å². The van der Waals surface area contributed by atoms with Gasteiger partial charge >= 0.3 is 0 Å². The minimum Gasteiger partial charge on any atom is -0.491 e. The van der Waals surface area contributed by atoms with Crippen LogP contribution in [0.15, 0.2) is 60.7 Å². The number of hydrogen-bond acceptors (Lipinski definition) is 7. The van der Waals surface area contributed by atoms with E-state index in [4.69, 9.17) is 25.8 Å². The van der Waals surface area contributed by atoms with Gasteiger partial charge in [0.15, 0.2) is 0 Å². The maximum Gasteiger partial charge on any atom is 0.129 e. The highest BCUT2D eigenvalue weighted by Gasteiger charge is 2.44. The van der Waals surface area contributed by atoms with E-state index in [1.165, 1.54) is 6.07 Å². The van der Waals surface area contributed by atoms with Crippen molar-refractivity contribution in [1.82, 2.24) is 0 Å². The molecule has 0 aliphatic carbocycles. The molecule has 0 saturated carbocycles. The quantitative estimate of drug-likeness (QED) is 0.371. The van der Waals surface area contributed by atoms with Crippen molar-refractivity contribution in [3.8, 4) is 5.75 Å². The Kier molecular flexibility index (Phi) is 7.78. The van der Waals surface area contributed by atoms with Gasteiger partial charge < -0.3 is 34.6 Å². The number of fused-ring (bicyclic) bond motifs is 1. The van der Waals surface area contributed by atoms with Gasteiger partial charge in [-0.15, -0.1) is 0 Å². The molecule has 37 heavy (non-hydrogen) atoms. The summed E-state index contributed by atoms with van der Waals surface area (Å²) in [4.78, 5) is 0. The summed E-state index contributed by atoms with van der Waals surface area (Å²) in [5.41, 5.74) is 3.71. The summed E-state index contributed by atoms with van der Waals surface area (Å²) in [5.74, 6) is 0.386. The molecule has 3 aromatic rings. The summed E-state index contributed by atoms with van der Waals surface area (Å²) in [5, 5.41) is 40.6. The lowest BCUT2D eigenvalue weighted by Gasteiger charge is -2.40. The number of aliphatic hydroxyl groups excluding tert-OH is 4. The standard InChI is InChI=1S/C28H28ClFO7/c29-21-9-6-16(28-27(34)26(33)25(32)23(12-31)37-28)11-17(21)10-15-4-7-18(8-5-15)35-14-24-19-2-1-3-22(30)20(19)13-36-24/h1-9,11,23-28,31-34H,10,12-14H2/t23-,24?,25-,26+,27-,28+/m1/s1. The van der Waals surface area contributed by atoms with Crippen LogP contribution in [0.4, 0.5) is 4.39 Å². The van der Waals surface area contributed by atoms with E-state index < -0.39 is 37.1 Å². The number of hydrogen-bond donors (Lipinski definition) is 4. The Morgan fingerprint density at radius 1 is 0.973 bits per heavy atom. The van der Waals surface area contributed by atoms with E-state index in [-0.39, 0.29) is 25.1 Å². The van der Waals surface area contributed by atoms with Crippen LogP contribution in [0.1, 0.15) is 40.0 Å². The van der Waals surface area contributed by atoms with Gasteiger partial charge in [-0.1, -0.05) is 48.0 Å². The van der Waals surface area contributed by atoms with E-state index in [1.807, 2.05) is 30.3 Å².